The van der Waals surface area contributed by atoms with E-state index in [9.17, 15) is 4.39 Å². The molecule has 1 N–H and O–H groups in total. The van der Waals surface area contributed by atoms with Crippen molar-refractivity contribution < 1.29 is 9.13 Å². The maximum atomic E-state index is 13.8. The van der Waals surface area contributed by atoms with Gasteiger partial charge in [-0.15, -0.1) is 12.4 Å². The summed E-state index contributed by atoms with van der Waals surface area (Å²) in [4.78, 5) is 0. The molecular formula is C15H17ClFNO. The summed E-state index contributed by atoms with van der Waals surface area (Å²) in [6.07, 6.45) is -1.15. The first kappa shape index (κ1) is 15.5. The van der Waals surface area contributed by atoms with Crippen molar-refractivity contribution in [3.8, 4) is 5.75 Å². The maximum Gasteiger partial charge on any atom is 0.177 e. The van der Waals surface area contributed by atoms with E-state index in [2.05, 4.69) is 5.32 Å². The van der Waals surface area contributed by atoms with Crippen LogP contribution in [0, 0.1) is 0 Å². The van der Waals surface area contributed by atoms with Crippen LogP contribution in [0.25, 0.3) is 0 Å². The van der Waals surface area contributed by atoms with Gasteiger partial charge in [-0.2, -0.15) is 0 Å². The van der Waals surface area contributed by atoms with E-state index < -0.39 is 6.30 Å². The number of benzene rings is 2. The Balaban J connectivity index is 0.00000180. The summed E-state index contributed by atoms with van der Waals surface area (Å²) in [7, 11) is 1.63. The molecule has 4 heteroatoms. The molecule has 2 rings (SSSR count). The average Bonchev–Trinajstić information content (AvgIpc) is 2.46. The number of alkyl halides is 1. The lowest BCUT2D eigenvalue weighted by Gasteiger charge is -2.11. The summed E-state index contributed by atoms with van der Waals surface area (Å²) in [5.41, 5.74) is 1.67. The molecule has 2 aromatic carbocycles. The molecule has 1 unspecified atom stereocenters. The third-order valence-electron chi connectivity index (χ3n) is 2.74. The van der Waals surface area contributed by atoms with Crippen LogP contribution in [-0.4, -0.2) is 7.11 Å². The van der Waals surface area contributed by atoms with Gasteiger partial charge < -0.3 is 4.74 Å². The monoisotopic (exact) mass is 281 g/mol. The van der Waals surface area contributed by atoms with E-state index in [4.69, 9.17) is 4.74 Å². The van der Waals surface area contributed by atoms with Gasteiger partial charge in [0.25, 0.3) is 0 Å². The number of halogens is 2. The molecule has 102 valence electrons. The molecule has 0 spiro atoms. The van der Waals surface area contributed by atoms with Crippen molar-refractivity contribution in [3.05, 3.63) is 65.7 Å². The third kappa shape index (κ3) is 4.54. The third-order valence-corrected chi connectivity index (χ3v) is 2.74. The van der Waals surface area contributed by atoms with Gasteiger partial charge in [0.2, 0.25) is 0 Å². The molecule has 0 radical (unpaired) electrons. The predicted molar refractivity (Wildman–Crippen MR) is 77.4 cm³/mol. The van der Waals surface area contributed by atoms with E-state index in [0.717, 1.165) is 11.3 Å². The van der Waals surface area contributed by atoms with Crippen LogP contribution in [0.2, 0.25) is 0 Å². The summed E-state index contributed by atoms with van der Waals surface area (Å²) in [6.45, 7) is 0.486. The van der Waals surface area contributed by atoms with E-state index >= 15 is 0 Å². The fourth-order valence-electron chi connectivity index (χ4n) is 1.69. The van der Waals surface area contributed by atoms with Crippen LogP contribution in [0.1, 0.15) is 17.4 Å². The molecule has 0 aliphatic carbocycles. The number of nitrogens with one attached hydrogen (secondary N) is 1. The Morgan fingerprint density at radius 3 is 2.26 bits per heavy atom. The highest BCUT2D eigenvalue weighted by molar-refractivity contribution is 5.85. The van der Waals surface area contributed by atoms with Gasteiger partial charge in [0.05, 0.1) is 7.11 Å². The van der Waals surface area contributed by atoms with Gasteiger partial charge in [-0.05, 0) is 17.7 Å². The van der Waals surface area contributed by atoms with Gasteiger partial charge in [0, 0.05) is 12.1 Å². The van der Waals surface area contributed by atoms with Crippen molar-refractivity contribution in [2.45, 2.75) is 12.8 Å². The first-order chi connectivity index (χ1) is 8.79. The molecule has 2 nitrogen and oxygen atoms in total. The van der Waals surface area contributed by atoms with Crippen LogP contribution < -0.4 is 10.1 Å². The SMILES string of the molecule is COc1ccc(CNC(F)c2ccccc2)cc1.Cl. The second-order valence-electron chi connectivity index (χ2n) is 4.00. The second-order valence-corrected chi connectivity index (χ2v) is 4.00. The van der Waals surface area contributed by atoms with Gasteiger partial charge in [-0.25, -0.2) is 4.39 Å². The van der Waals surface area contributed by atoms with E-state index in [0.29, 0.717) is 12.1 Å². The number of methoxy groups -OCH3 is 1. The Morgan fingerprint density at radius 2 is 1.68 bits per heavy atom. The molecule has 1 atom stereocenters. The molecular weight excluding hydrogens is 265 g/mol. The van der Waals surface area contributed by atoms with Crippen LogP contribution in [0.15, 0.2) is 54.6 Å². The molecule has 0 amide bonds. The minimum atomic E-state index is -1.15. The maximum absolute atomic E-state index is 13.8. The topological polar surface area (TPSA) is 21.3 Å². The molecule has 0 saturated carbocycles. The standard InChI is InChI=1S/C15H16FNO.ClH/c1-18-14-9-7-12(8-10-14)11-17-15(16)13-5-3-2-4-6-13;/h2-10,15,17H,11H2,1H3;1H. The summed E-state index contributed by atoms with van der Waals surface area (Å²) in [5, 5.41) is 2.85. The van der Waals surface area contributed by atoms with E-state index in [1.807, 2.05) is 42.5 Å². The largest absolute Gasteiger partial charge is 0.497 e. The lowest BCUT2D eigenvalue weighted by molar-refractivity contribution is 0.278. The predicted octanol–water partition coefficient (Wildman–Crippen LogP) is 3.87. The van der Waals surface area contributed by atoms with Crippen molar-refractivity contribution in [1.29, 1.82) is 0 Å². The number of hydrogen-bond acceptors (Lipinski definition) is 2. The normalized spacial score (nSPS) is 11.5. The lowest BCUT2D eigenvalue weighted by Crippen LogP contribution is -2.16. The molecule has 0 fully saturated rings. The Hall–Kier alpha value is -1.58. The lowest BCUT2D eigenvalue weighted by atomic mass is 10.2. The van der Waals surface area contributed by atoms with Gasteiger partial charge in [-0.1, -0.05) is 42.5 Å². The molecule has 0 aliphatic heterocycles. The Labute approximate surface area is 119 Å². The van der Waals surface area contributed by atoms with Crippen molar-refractivity contribution in [2.75, 3.05) is 7.11 Å². The van der Waals surface area contributed by atoms with Crippen molar-refractivity contribution in [2.24, 2.45) is 0 Å². The average molecular weight is 282 g/mol. The molecule has 0 heterocycles. The number of ether oxygens (including phenoxy) is 1. The Morgan fingerprint density at radius 1 is 1.05 bits per heavy atom. The van der Waals surface area contributed by atoms with Crippen LogP contribution >= 0.6 is 12.4 Å². The summed E-state index contributed by atoms with van der Waals surface area (Å²) in [5.74, 6) is 0.804. The Kier molecular flexibility index (Phi) is 6.33. The van der Waals surface area contributed by atoms with E-state index in [1.165, 1.54) is 0 Å². The van der Waals surface area contributed by atoms with Crippen molar-refractivity contribution >= 4 is 12.4 Å². The number of rotatable bonds is 5. The van der Waals surface area contributed by atoms with E-state index in [-0.39, 0.29) is 12.4 Å². The van der Waals surface area contributed by atoms with E-state index in [1.54, 1.807) is 19.2 Å². The van der Waals surface area contributed by atoms with Crippen molar-refractivity contribution in [1.82, 2.24) is 5.32 Å². The highest BCUT2D eigenvalue weighted by Crippen LogP contribution is 2.15. The zero-order valence-electron chi connectivity index (χ0n) is 10.7. The fraction of sp³-hybridized carbons (Fsp3) is 0.200. The van der Waals surface area contributed by atoms with Gasteiger partial charge in [0.1, 0.15) is 5.75 Å². The molecule has 0 aromatic heterocycles. The molecule has 0 aliphatic rings. The fourth-order valence-corrected chi connectivity index (χ4v) is 1.69. The molecule has 0 bridgehead atoms. The van der Waals surface area contributed by atoms with Gasteiger partial charge in [-0.3, -0.25) is 5.32 Å². The van der Waals surface area contributed by atoms with Crippen LogP contribution in [0.5, 0.6) is 5.75 Å². The first-order valence-corrected chi connectivity index (χ1v) is 5.85. The summed E-state index contributed by atoms with van der Waals surface area (Å²) >= 11 is 0. The first-order valence-electron chi connectivity index (χ1n) is 5.85. The van der Waals surface area contributed by atoms with Crippen LogP contribution in [0.3, 0.4) is 0 Å². The molecule has 0 saturated heterocycles. The highest BCUT2D eigenvalue weighted by atomic mass is 35.5. The summed E-state index contributed by atoms with van der Waals surface area (Å²) < 4.78 is 18.9. The highest BCUT2D eigenvalue weighted by Gasteiger charge is 2.07. The Bertz CT molecular complexity index is 475. The number of hydrogen-bond donors (Lipinski definition) is 1. The quantitative estimate of drug-likeness (QED) is 0.840. The van der Waals surface area contributed by atoms with Gasteiger partial charge >= 0.3 is 0 Å². The van der Waals surface area contributed by atoms with Gasteiger partial charge in [0.15, 0.2) is 6.30 Å². The van der Waals surface area contributed by atoms with Crippen molar-refractivity contribution in [3.63, 3.8) is 0 Å². The van der Waals surface area contributed by atoms with Crippen LogP contribution in [-0.2, 0) is 6.54 Å². The molecule has 19 heavy (non-hydrogen) atoms. The van der Waals surface area contributed by atoms with Crippen LogP contribution in [0.4, 0.5) is 4.39 Å². The smallest absolute Gasteiger partial charge is 0.177 e. The summed E-state index contributed by atoms with van der Waals surface area (Å²) in [6, 6.07) is 16.7. The second kappa shape index (κ2) is 7.77. The zero-order valence-corrected chi connectivity index (χ0v) is 11.5. The molecule has 2 aromatic rings. The minimum Gasteiger partial charge on any atom is -0.497 e. The zero-order chi connectivity index (χ0) is 12.8. The minimum absolute atomic E-state index is 0.